The number of thiophene rings is 1. The molecule has 1 aromatic rings. The minimum atomic E-state index is -0.416. The van der Waals surface area contributed by atoms with Gasteiger partial charge < -0.3 is 9.64 Å². The van der Waals surface area contributed by atoms with Crippen LogP contribution in [0.5, 0.6) is 0 Å². The Morgan fingerprint density at radius 1 is 1.47 bits per heavy atom. The standard InChI is InChI=1S/C13H19NO2S/c1-9-8-17-11-5-6-14(7-10(9)11)12(15)16-13(2,3)4/h8H,5-7H2,1-4H3. The Morgan fingerprint density at radius 3 is 2.82 bits per heavy atom. The summed E-state index contributed by atoms with van der Waals surface area (Å²) >= 11 is 1.80. The van der Waals surface area contributed by atoms with Crippen LogP contribution in [-0.2, 0) is 17.7 Å². The SMILES string of the molecule is Cc1csc2c1CN(C(=O)OC(C)(C)C)CC2. The van der Waals surface area contributed by atoms with Gasteiger partial charge in [0.1, 0.15) is 5.60 Å². The third kappa shape index (κ3) is 2.80. The quantitative estimate of drug-likeness (QED) is 0.709. The van der Waals surface area contributed by atoms with E-state index in [1.807, 2.05) is 20.8 Å². The molecule has 0 radical (unpaired) electrons. The third-order valence-corrected chi connectivity index (χ3v) is 4.01. The summed E-state index contributed by atoms with van der Waals surface area (Å²) in [6.07, 6.45) is 0.751. The number of aryl methyl sites for hydroxylation is 1. The summed E-state index contributed by atoms with van der Waals surface area (Å²) in [5.74, 6) is 0. The molecule has 94 valence electrons. The second-order valence-corrected chi connectivity index (χ2v) is 6.44. The first kappa shape index (κ1) is 12.4. The second-order valence-electron chi connectivity index (χ2n) is 5.47. The van der Waals surface area contributed by atoms with Crippen molar-refractivity contribution in [2.75, 3.05) is 6.54 Å². The van der Waals surface area contributed by atoms with Gasteiger partial charge in [0.2, 0.25) is 0 Å². The van der Waals surface area contributed by atoms with E-state index in [1.54, 1.807) is 16.2 Å². The molecule has 0 saturated carbocycles. The fourth-order valence-electron chi connectivity index (χ4n) is 1.93. The number of fused-ring (bicyclic) bond motifs is 1. The highest BCUT2D eigenvalue weighted by Crippen LogP contribution is 2.28. The summed E-state index contributed by atoms with van der Waals surface area (Å²) in [6.45, 7) is 9.26. The fraction of sp³-hybridized carbons (Fsp3) is 0.615. The van der Waals surface area contributed by atoms with Gasteiger partial charge in [-0.25, -0.2) is 4.79 Å². The highest BCUT2D eigenvalue weighted by atomic mass is 32.1. The maximum absolute atomic E-state index is 12.0. The van der Waals surface area contributed by atoms with E-state index < -0.39 is 5.60 Å². The first-order chi connectivity index (χ1) is 7.87. The summed E-state index contributed by atoms with van der Waals surface area (Å²) in [5.41, 5.74) is 2.19. The van der Waals surface area contributed by atoms with Crippen LogP contribution >= 0.6 is 11.3 Å². The number of amides is 1. The van der Waals surface area contributed by atoms with Gasteiger partial charge in [-0.2, -0.15) is 0 Å². The van der Waals surface area contributed by atoms with E-state index in [2.05, 4.69) is 12.3 Å². The Morgan fingerprint density at radius 2 is 2.18 bits per heavy atom. The molecule has 0 spiro atoms. The molecule has 0 atom stereocenters. The number of ether oxygens (including phenoxy) is 1. The lowest BCUT2D eigenvalue weighted by molar-refractivity contribution is 0.0225. The number of nitrogens with zero attached hydrogens (tertiary/aromatic N) is 1. The van der Waals surface area contributed by atoms with E-state index >= 15 is 0 Å². The van der Waals surface area contributed by atoms with Crippen LogP contribution in [0.15, 0.2) is 5.38 Å². The van der Waals surface area contributed by atoms with Crippen molar-refractivity contribution in [1.29, 1.82) is 0 Å². The molecule has 2 heterocycles. The molecule has 0 N–H and O–H groups in total. The van der Waals surface area contributed by atoms with Gasteiger partial charge in [-0.1, -0.05) is 0 Å². The van der Waals surface area contributed by atoms with Gasteiger partial charge in [0.05, 0.1) is 6.54 Å². The first-order valence-corrected chi connectivity index (χ1v) is 6.78. The molecule has 1 aliphatic rings. The number of rotatable bonds is 0. The molecule has 0 aliphatic carbocycles. The van der Waals surface area contributed by atoms with Gasteiger partial charge in [-0.3, -0.25) is 0 Å². The zero-order chi connectivity index (χ0) is 12.6. The lowest BCUT2D eigenvalue weighted by Gasteiger charge is -2.30. The molecular weight excluding hydrogens is 234 g/mol. The van der Waals surface area contributed by atoms with E-state index in [-0.39, 0.29) is 6.09 Å². The predicted octanol–water partition coefficient (Wildman–Crippen LogP) is 3.35. The van der Waals surface area contributed by atoms with Crippen molar-refractivity contribution in [2.24, 2.45) is 0 Å². The summed E-state index contributed by atoms with van der Waals surface area (Å²) in [4.78, 5) is 15.2. The fourth-order valence-corrected chi connectivity index (χ4v) is 2.97. The molecular formula is C13H19NO2S. The van der Waals surface area contributed by atoms with E-state index in [9.17, 15) is 4.79 Å². The van der Waals surface area contributed by atoms with Crippen LogP contribution in [0.4, 0.5) is 4.79 Å². The smallest absolute Gasteiger partial charge is 0.410 e. The zero-order valence-corrected chi connectivity index (χ0v) is 11.7. The third-order valence-electron chi connectivity index (χ3n) is 2.80. The molecule has 0 fully saturated rings. The Kier molecular flexibility index (Phi) is 3.17. The summed E-state index contributed by atoms with van der Waals surface area (Å²) < 4.78 is 5.40. The van der Waals surface area contributed by atoms with Crippen molar-refractivity contribution < 1.29 is 9.53 Å². The molecule has 3 nitrogen and oxygen atoms in total. The van der Waals surface area contributed by atoms with Crippen molar-refractivity contribution >= 4 is 17.4 Å². The summed E-state index contributed by atoms with van der Waals surface area (Å²) in [7, 11) is 0. The topological polar surface area (TPSA) is 29.5 Å². The largest absolute Gasteiger partial charge is 0.444 e. The van der Waals surface area contributed by atoms with Crippen LogP contribution < -0.4 is 0 Å². The maximum Gasteiger partial charge on any atom is 0.410 e. The van der Waals surface area contributed by atoms with Gasteiger partial charge in [0, 0.05) is 11.4 Å². The van der Waals surface area contributed by atoms with E-state index in [4.69, 9.17) is 4.74 Å². The Bertz CT molecular complexity index is 431. The van der Waals surface area contributed by atoms with Crippen molar-refractivity contribution in [2.45, 2.75) is 46.3 Å². The van der Waals surface area contributed by atoms with Crippen molar-refractivity contribution in [3.05, 3.63) is 21.4 Å². The van der Waals surface area contributed by atoms with Gasteiger partial charge in [-0.15, -0.1) is 11.3 Å². The van der Waals surface area contributed by atoms with Gasteiger partial charge >= 0.3 is 6.09 Å². The van der Waals surface area contributed by atoms with E-state index in [0.29, 0.717) is 6.54 Å². The monoisotopic (exact) mass is 253 g/mol. The van der Waals surface area contributed by atoms with Crippen LogP contribution in [-0.4, -0.2) is 23.1 Å². The highest BCUT2D eigenvalue weighted by Gasteiger charge is 2.26. The van der Waals surface area contributed by atoms with Gasteiger partial charge in [-0.05, 0) is 50.6 Å². The van der Waals surface area contributed by atoms with Crippen molar-refractivity contribution in [1.82, 2.24) is 4.90 Å². The molecule has 1 amide bonds. The molecule has 0 unspecified atom stereocenters. The normalized spacial score (nSPS) is 15.6. The Hall–Kier alpha value is -1.03. The maximum atomic E-state index is 12.0. The van der Waals surface area contributed by atoms with E-state index in [1.165, 1.54) is 16.0 Å². The van der Waals surface area contributed by atoms with Crippen LogP contribution in [0, 0.1) is 6.92 Å². The van der Waals surface area contributed by atoms with Gasteiger partial charge in [0.15, 0.2) is 0 Å². The number of carbonyl (C=O) groups is 1. The number of hydrogen-bond donors (Lipinski definition) is 0. The molecule has 0 bridgehead atoms. The van der Waals surface area contributed by atoms with Crippen LogP contribution in [0.2, 0.25) is 0 Å². The van der Waals surface area contributed by atoms with Crippen LogP contribution in [0.3, 0.4) is 0 Å². The average Bonchev–Trinajstić information content (AvgIpc) is 2.57. The van der Waals surface area contributed by atoms with Crippen molar-refractivity contribution in [3.8, 4) is 0 Å². The minimum Gasteiger partial charge on any atom is -0.444 e. The first-order valence-electron chi connectivity index (χ1n) is 5.90. The van der Waals surface area contributed by atoms with Gasteiger partial charge in [0.25, 0.3) is 0 Å². The molecule has 2 rings (SSSR count). The molecule has 1 aromatic heterocycles. The molecule has 4 heteroatoms. The number of hydrogen-bond acceptors (Lipinski definition) is 3. The van der Waals surface area contributed by atoms with Crippen molar-refractivity contribution in [3.63, 3.8) is 0 Å². The Balaban J connectivity index is 2.07. The van der Waals surface area contributed by atoms with Crippen LogP contribution in [0.25, 0.3) is 0 Å². The zero-order valence-electron chi connectivity index (χ0n) is 10.9. The second kappa shape index (κ2) is 4.33. The molecule has 17 heavy (non-hydrogen) atoms. The Labute approximate surface area is 106 Å². The molecule has 1 aliphatic heterocycles. The lowest BCUT2D eigenvalue weighted by Crippen LogP contribution is -2.39. The summed E-state index contributed by atoms with van der Waals surface area (Å²) in [6, 6.07) is 0. The van der Waals surface area contributed by atoms with E-state index in [0.717, 1.165) is 13.0 Å². The predicted molar refractivity (Wildman–Crippen MR) is 69.4 cm³/mol. The minimum absolute atomic E-state index is 0.200. The number of carbonyl (C=O) groups excluding carboxylic acids is 1. The average molecular weight is 253 g/mol. The molecule has 0 aromatic carbocycles. The highest BCUT2D eigenvalue weighted by molar-refractivity contribution is 7.10. The lowest BCUT2D eigenvalue weighted by atomic mass is 10.1. The van der Waals surface area contributed by atoms with Crippen LogP contribution in [0.1, 0.15) is 36.8 Å². The summed E-state index contributed by atoms with van der Waals surface area (Å²) in [5, 5.41) is 2.17. The molecule has 0 saturated heterocycles.